The number of nitrogens with zero attached hydrogens (tertiary/aromatic N) is 1. The van der Waals surface area contributed by atoms with E-state index in [2.05, 4.69) is 47.8 Å². The zero-order chi connectivity index (χ0) is 36.7. The summed E-state index contributed by atoms with van der Waals surface area (Å²) < 4.78 is 23.4. The van der Waals surface area contributed by atoms with Gasteiger partial charge in [0.2, 0.25) is 5.91 Å². The molecule has 0 radical (unpaired) electrons. The minimum atomic E-state index is -0.945. The van der Waals surface area contributed by atoms with E-state index in [9.17, 15) is 9.59 Å². The Kier molecular flexibility index (Phi) is 11.6. The van der Waals surface area contributed by atoms with Crippen LogP contribution in [0.4, 0.5) is 4.79 Å². The molecule has 1 N–H and O–H groups in total. The van der Waals surface area contributed by atoms with Crippen LogP contribution < -0.4 is 10.1 Å². The third-order valence-corrected chi connectivity index (χ3v) is 9.26. The second-order valence-corrected chi connectivity index (χ2v) is 14.1. The van der Waals surface area contributed by atoms with Crippen LogP contribution in [0.1, 0.15) is 55.9 Å². The number of carbonyl (C=O) groups excluding carboxylic acids is 2. The highest BCUT2D eigenvalue weighted by Gasteiger charge is 2.32. The topological polar surface area (TPSA) is 86.3 Å². The van der Waals surface area contributed by atoms with Crippen LogP contribution in [0.3, 0.4) is 0 Å². The second-order valence-electron chi connectivity index (χ2n) is 14.1. The van der Waals surface area contributed by atoms with Gasteiger partial charge < -0.3 is 29.2 Å². The number of carbonyl (C=O) groups is 2. The van der Waals surface area contributed by atoms with Crippen LogP contribution in [0, 0.1) is 0 Å². The van der Waals surface area contributed by atoms with Gasteiger partial charge in [-0.1, -0.05) is 103 Å². The summed E-state index contributed by atoms with van der Waals surface area (Å²) in [5.41, 5.74) is 5.99. The second kappa shape index (κ2) is 16.4. The van der Waals surface area contributed by atoms with Crippen molar-refractivity contribution in [3.8, 4) is 16.9 Å². The van der Waals surface area contributed by atoms with Gasteiger partial charge >= 0.3 is 6.09 Å². The maximum atomic E-state index is 14.7. The van der Waals surface area contributed by atoms with Crippen molar-refractivity contribution in [2.45, 2.75) is 64.5 Å². The van der Waals surface area contributed by atoms with Crippen LogP contribution >= 0.6 is 0 Å². The number of alkyl carbamates (subject to hydrolysis) is 1. The van der Waals surface area contributed by atoms with E-state index in [1.165, 1.54) is 0 Å². The first-order valence-corrected chi connectivity index (χ1v) is 17.9. The highest BCUT2D eigenvalue weighted by atomic mass is 16.7. The monoisotopic (exact) mass is 700 g/mol. The number of rotatable bonds is 14. The van der Waals surface area contributed by atoms with Gasteiger partial charge in [-0.3, -0.25) is 4.79 Å². The molecule has 1 aliphatic rings. The zero-order valence-electron chi connectivity index (χ0n) is 30.6. The van der Waals surface area contributed by atoms with Gasteiger partial charge in [0, 0.05) is 32.6 Å². The summed E-state index contributed by atoms with van der Waals surface area (Å²) in [7, 11) is 1.56. The molecule has 5 aromatic rings. The molecule has 6 rings (SSSR count). The molecular weight excluding hydrogens is 652 g/mol. The fraction of sp³-hybridized carbons (Fsp3) is 0.318. The van der Waals surface area contributed by atoms with Crippen LogP contribution in [-0.4, -0.2) is 61.7 Å². The van der Waals surface area contributed by atoms with Crippen LogP contribution in [-0.2, 0) is 32.0 Å². The smallest absolute Gasteiger partial charge is 0.407 e. The van der Waals surface area contributed by atoms with E-state index in [1.807, 2.05) is 100 Å². The average molecular weight is 701 g/mol. The third-order valence-electron chi connectivity index (χ3n) is 9.26. The number of methoxy groups -OCH3 is 1. The van der Waals surface area contributed by atoms with Crippen LogP contribution in [0.5, 0.6) is 5.75 Å². The van der Waals surface area contributed by atoms with Crippen molar-refractivity contribution in [2.24, 2.45) is 0 Å². The van der Waals surface area contributed by atoms with E-state index in [-0.39, 0.29) is 43.5 Å². The molecule has 0 saturated carbocycles. The normalized spacial score (nSPS) is 13.6. The lowest BCUT2D eigenvalue weighted by Crippen LogP contribution is -2.51. The van der Waals surface area contributed by atoms with Crippen LogP contribution in [0.2, 0.25) is 0 Å². The van der Waals surface area contributed by atoms with Crippen LogP contribution in [0.25, 0.3) is 21.9 Å². The number of fused-ring (bicyclic) bond motifs is 4. The fourth-order valence-electron chi connectivity index (χ4n) is 6.92. The van der Waals surface area contributed by atoms with Crippen molar-refractivity contribution in [3.63, 3.8) is 0 Å². The molecule has 1 aliphatic carbocycles. The molecule has 2 atom stereocenters. The van der Waals surface area contributed by atoms with Gasteiger partial charge in [-0.05, 0) is 84.0 Å². The van der Waals surface area contributed by atoms with Crippen molar-refractivity contribution in [2.75, 3.05) is 26.9 Å². The minimum Gasteiger partial charge on any atom is -0.488 e. The average Bonchev–Trinajstić information content (AvgIpc) is 3.46. The zero-order valence-corrected chi connectivity index (χ0v) is 30.6. The molecule has 0 aromatic heterocycles. The molecule has 8 nitrogen and oxygen atoms in total. The lowest BCUT2D eigenvalue weighted by molar-refractivity contribution is -0.153. The summed E-state index contributed by atoms with van der Waals surface area (Å²) in [5.74, 6) is 0.332. The van der Waals surface area contributed by atoms with E-state index in [1.54, 1.807) is 12.0 Å². The Hall–Kier alpha value is -5.18. The van der Waals surface area contributed by atoms with Crippen molar-refractivity contribution >= 4 is 22.8 Å². The maximum absolute atomic E-state index is 14.7. The molecule has 0 fully saturated rings. The summed E-state index contributed by atoms with van der Waals surface area (Å²) >= 11 is 0. The molecule has 52 heavy (non-hydrogen) atoms. The Morgan fingerprint density at radius 1 is 0.808 bits per heavy atom. The number of hydrogen-bond acceptors (Lipinski definition) is 6. The highest BCUT2D eigenvalue weighted by molar-refractivity contribution is 5.88. The van der Waals surface area contributed by atoms with Gasteiger partial charge in [0.05, 0.1) is 6.54 Å². The van der Waals surface area contributed by atoms with E-state index in [0.717, 1.165) is 49.9 Å². The summed E-state index contributed by atoms with van der Waals surface area (Å²) in [6, 6.07) is 37.2. The van der Waals surface area contributed by atoms with Crippen molar-refractivity contribution < 1.29 is 28.5 Å². The lowest BCUT2D eigenvalue weighted by Gasteiger charge is -2.31. The lowest BCUT2D eigenvalue weighted by atomic mass is 9.98. The van der Waals surface area contributed by atoms with Gasteiger partial charge in [0.15, 0.2) is 6.29 Å². The molecule has 0 heterocycles. The quantitative estimate of drug-likeness (QED) is 0.117. The first-order valence-electron chi connectivity index (χ1n) is 17.9. The van der Waals surface area contributed by atoms with Gasteiger partial charge in [0.1, 0.15) is 24.0 Å². The summed E-state index contributed by atoms with van der Waals surface area (Å²) in [5, 5.41) is 5.07. The molecule has 2 amide bonds. The number of nitrogens with one attached hydrogen (secondary N) is 1. The largest absolute Gasteiger partial charge is 0.488 e. The molecule has 5 aromatic carbocycles. The molecule has 270 valence electrons. The fourth-order valence-corrected chi connectivity index (χ4v) is 6.92. The first kappa shape index (κ1) is 36.6. The molecule has 0 bridgehead atoms. The number of hydrogen-bond donors (Lipinski definition) is 1. The number of amides is 2. The Bertz CT molecular complexity index is 1930. The van der Waals surface area contributed by atoms with Crippen molar-refractivity contribution in [1.29, 1.82) is 0 Å². The number of ether oxygens (including phenoxy) is 4. The Balaban J connectivity index is 1.27. The molecule has 0 spiro atoms. The first-order chi connectivity index (χ1) is 25.1. The third kappa shape index (κ3) is 8.81. The Labute approximate surface area is 306 Å². The van der Waals surface area contributed by atoms with E-state index >= 15 is 0 Å². The van der Waals surface area contributed by atoms with Crippen molar-refractivity contribution in [3.05, 3.63) is 138 Å². The van der Waals surface area contributed by atoms with E-state index < -0.39 is 18.4 Å². The molecule has 0 aliphatic heterocycles. The maximum Gasteiger partial charge on any atom is 0.407 e. The van der Waals surface area contributed by atoms with Crippen molar-refractivity contribution in [1.82, 2.24) is 10.2 Å². The Morgan fingerprint density at radius 2 is 1.44 bits per heavy atom. The predicted molar refractivity (Wildman–Crippen MR) is 204 cm³/mol. The summed E-state index contributed by atoms with van der Waals surface area (Å²) in [6.45, 7) is 8.87. The molecular formula is C44H48N2O6. The van der Waals surface area contributed by atoms with E-state index in [4.69, 9.17) is 18.9 Å². The minimum absolute atomic E-state index is 0.112. The summed E-state index contributed by atoms with van der Waals surface area (Å²) in [6.07, 6.45) is -1.09. The van der Waals surface area contributed by atoms with Gasteiger partial charge in [-0.2, -0.15) is 0 Å². The van der Waals surface area contributed by atoms with Gasteiger partial charge in [-0.25, -0.2) is 4.79 Å². The number of benzene rings is 5. The van der Waals surface area contributed by atoms with Gasteiger partial charge in [-0.15, -0.1) is 0 Å². The molecule has 0 saturated heterocycles. The van der Waals surface area contributed by atoms with E-state index in [0.29, 0.717) is 6.61 Å². The van der Waals surface area contributed by atoms with Crippen LogP contribution in [0.15, 0.2) is 115 Å². The highest BCUT2D eigenvalue weighted by Crippen LogP contribution is 2.44. The summed E-state index contributed by atoms with van der Waals surface area (Å²) in [4.78, 5) is 30.1. The standard InChI is InChI=1S/C44H48N2O6/c1-6-50-41(49-5)28-46(27-32-16-13-15-31-14-7-8-17-34(31)32)42(47)40(26-30-22-24-33(25-23-30)52-44(2,3)4)45-43(48)51-29-39-37-20-11-9-18-35(37)36-19-10-12-21-38(36)39/h7-25,39-41H,6,26-29H2,1-5H3,(H,45,48)/t40-,41?/m1/s1. The predicted octanol–water partition coefficient (Wildman–Crippen LogP) is 8.50. The van der Waals surface area contributed by atoms with Gasteiger partial charge in [0.25, 0.3) is 0 Å². The SMILES string of the molecule is CCOC(CN(Cc1cccc2ccccc12)C(=O)[C@@H](Cc1ccc(OC(C)(C)C)cc1)NC(=O)OCC1c2ccccc2-c2ccccc21)OC. The molecule has 8 heteroatoms. The Morgan fingerprint density at radius 3 is 2.10 bits per heavy atom. The molecule has 1 unspecified atom stereocenters.